The SMILES string of the molecule is ClC1CSCC1CCCc1ccccc1. The van der Waals surface area contributed by atoms with Crippen molar-refractivity contribution in [1.29, 1.82) is 0 Å². The summed E-state index contributed by atoms with van der Waals surface area (Å²) in [5.74, 6) is 3.17. The minimum absolute atomic E-state index is 0.422. The number of hydrogen-bond acceptors (Lipinski definition) is 1. The summed E-state index contributed by atoms with van der Waals surface area (Å²) in [7, 11) is 0. The Labute approximate surface area is 101 Å². The van der Waals surface area contributed by atoms with Crippen LogP contribution in [0.25, 0.3) is 0 Å². The van der Waals surface area contributed by atoms with Gasteiger partial charge in [0.05, 0.1) is 0 Å². The second-order valence-corrected chi connectivity index (χ2v) is 5.83. The van der Waals surface area contributed by atoms with Gasteiger partial charge in [-0.1, -0.05) is 30.3 Å². The predicted molar refractivity (Wildman–Crippen MR) is 69.8 cm³/mol. The maximum atomic E-state index is 6.24. The van der Waals surface area contributed by atoms with E-state index in [1.165, 1.54) is 30.6 Å². The molecule has 0 nitrogen and oxygen atoms in total. The summed E-state index contributed by atoms with van der Waals surface area (Å²) in [5.41, 5.74) is 1.45. The third kappa shape index (κ3) is 3.42. The van der Waals surface area contributed by atoms with Crippen molar-refractivity contribution < 1.29 is 0 Å². The van der Waals surface area contributed by atoms with Gasteiger partial charge in [0.2, 0.25) is 0 Å². The zero-order valence-electron chi connectivity index (χ0n) is 8.86. The van der Waals surface area contributed by atoms with Crippen LogP contribution in [0.3, 0.4) is 0 Å². The number of alkyl halides is 1. The summed E-state index contributed by atoms with van der Waals surface area (Å²) in [6.45, 7) is 0. The van der Waals surface area contributed by atoms with Gasteiger partial charge in [-0.3, -0.25) is 0 Å². The van der Waals surface area contributed by atoms with E-state index in [0.29, 0.717) is 5.38 Å². The van der Waals surface area contributed by atoms with Crippen molar-refractivity contribution in [3.63, 3.8) is 0 Å². The van der Waals surface area contributed by atoms with Gasteiger partial charge in [0.15, 0.2) is 0 Å². The largest absolute Gasteiger partial charge is 0.160 e. The molecule has 2 unspecified atom stereocenters. The van der Waals surface area contributed by atoms with Gasteiger partial charge >= 0.3 is 0 Å². The van der Waals surface area contributed by atoms with E-state index in [1.807, 2.05) is 11.8 Å². The van der Waals surface area contributed by atoms with Crippen molar-refractivity contribution in [2.45, 2.75) is 24.6 Å². The van der Waals surface area contributed by atoms with Crippen molar-refractivity contribution >= 4 is 23.4 Å². The molecule has 15 heavy (non-hydrogen) atoms. The molecule has 0 saturated carbocycles. The summed E-state index contributed by atoms with van der Waals surface area (Å²) in [5, 5.41) is 0.422. The molecule has 0 N–H and O–H groups in total. The second kappa shape index (κ2) is 5.81. The minimum Gasteiger partial charge on any atom is -0.160 e. The first kappa shape index (κ1) is 11.3. The smallest absolute Gasteiger partial charge is 0.0462 e. The number of aryl methyl sites for hydroxylation is 1. The van der Waals surface area contributed by atoms with Gasteiger partial charge in [0.25, 0.3) is 0 Å². The van der Waals surface area contributed by atoms with E-state index in [9.17, 15) is 0 Å². The summed E-state index contributed by atoms with van der Waals surface area (Å²) >= 11 is 8.24. The third-order valence-electron chi connectivity index (χ3n) is 3.00. The fraction of sp³-hybridized carbons (Fsp3) is 0.538. The van der Waals surface area contributed by atoms with Crippen LogP contribution in [-0.4, -0.2) is 16.9 Å². The molecule has 0 radical (unpaired) electrons. The molecule has 1 fully saturated rings. The van der Waals surface area contributed by atoms with Gasteiger partial charge in [-0.2, -0.15) is 11.8 Å². The van der Waals surface area contributed by atoms with Crippen LogP contribution in [0.5, 0.6) is 0 Å². The van der Waals surface area contributed by atoms with E-state index < -0.39 is 0 Å². The normalized spacial score (nSPS) is 25.7. The number of halogens is 1. The van der Waals surface area contributed by atoms with Crippen molar-refractivity contribution in [1.82, 2.24) is 0 Å². The first-order valence-corrected chi connectivity index (χ1v) is 7.21. The van der Waals surface area contributed by atoms with E-state index in [1.54, 1.807) is 0 Å². The Kier molecular flexibility index (Phi) is 4.40. The van der Waals surface area contributed by atoms with Crippen LogP contribution in [-0.2, 0) is 6.42 Å². The van der Waals surface area contributed by atoms with Crippen LogP contribution in [0.2, 0.25) is 0 Å². The lowest BCUT2D eigenvalue weighted by atomic mass is 9.99. The fourth-order valence-electron chi connectivity index (χ4n) is 2.05. The average molecular weight is 241 g/mol. The monoisotopic (exact) mass is 240 g/mol. The Morgan fingerprint density at radius 1 is 1.20 bits per heavy atom. The van der Waals surface area contributed by atoms with E-state index in [0.717, 1.165) is 11.7 Å². The molecule has 0 amide bonds. The highest BCUT2D eigenvalue weighted by atomic mass is 35.5. The minimum atomic E-state index is 0.422. The molecule has 0 spiro atoms. The lowest BCUT2D eigenvalue weighted by molar-refractivity contribution is 0.527. The lowest BCUT2D eigenvalue weighted by Gasteiger charge is -2.11. The Bertz CT molecular complexity index is 286. The van der Waals surface area contributed by atoms with Crippen LogP contribution in [0.1, 0.15) is 18.4 Å². The first-order valence-electron chi connectivity index (χ1n) is 5.62. The number of hydrogen-bond donors (Lipinski definition) is 0. The zero-order valence-corrected chi connectivity index (χ0v) is 10.4. The Hall–Kier alpha value is -0.140. The fourth-order valence-corrected chi connectivity index (χ4v) is 3.97. The molecule has 0 aromatic heterocycles. The van der Waals surface area contributed by atoms with Crippen molar-refractivity contribution in [2.24, 2.45) is 5.92 Å². The molecular weight excluding hydrogens is 224 g/mol. The molecule has 1 aromatic carbocycles. The van der Waals surface area contributed by atoms with Crippen LogP contribution < -0.4 is 0 Å². The molecule has 2 heteroatoms. The standard InChI is InChI=1S/C13H17ClS/c14-13-10-15-9-12(13)8-4-7-11-5-2-1-3-6-11/h1-3,5-6,12-13H,4,7-10H2. The van der Waals surface area contributed by atoms with E-state index >= 15 is 0 Å². The van der Waals surface area contributed by atoms with Gasteiger partial charge in [-0.15, -0.1) is 11.6 Å². The Morgan fingerprint density at radius 2 is 2.00 bits per heavy atom. The first-order chi connectivity index (χ1) is 7.36. The van der Waals surface area contributed by atoms with Crippen LogP contribution >= 0.6 is 23.4 Å². The number of benzene rings is 1. The van der Waals surface area contributed by atoms with Crippen molar-refractivity contribution in [3.8, 4) is 0 Å². The Morgan fingerprint density at radius 3 is 2.67 bits per heavy atom. The second-order valence-electron chi connectivity index (χ2n) is 4.19. The van der Waals surface area contributed by atoms with Gasteiger partial charge < -0.3 is 0 Å². The summed E-state index contributed by atoms with van der Waals surface area (Å²) in [4.78, 5) is 0. The molecule has 1 heterocycles. The highest BCUT2D eigenvalue weighted by Crippen LogP contribution is 2.31. The van der Waals surface area contributed by atoms with Crippen molar-refractivity contribution in [2.75, 3.05) is 11.5 Å². The molecule has 2 rings (SSSR count). The average Bonchev–Trinajstić information content (AvgIpc) is 2.66. The molecule has 2 atom stereocenters. The lowest BCUT2D eigenvalue weighted by Crippen LogP contribution is -2.11. The van der Waals surface area contributed by atoms with Gasteiger partial charge in [0.1, 0.15) is 0 Å². The molecule has 1 aliphatic heterocycles. The summed E-state index contributed by atoms with van der Waals surface area (Å²) in [6, 6.07) is 10.7. The van der Waals surface area contributed by atoms with Gasteiger partial charge in [-0.25, -0.2) is 0 Å². The van der Waals surface area contributed by atoms with Crippen molar-refractivity contribution in [3.05, 3.63) is 35.9 Å². The molecule has 0 aliphatic carbocycles. The predicted octanol–water partition coefficient (Wildman–Crippen LogP) is 3.98. The van der Waals surface area contributed by atoms with E-state index in [4.69, 9.17) is 11.6 Å². The molecular formula is C13H17ClS. The Balaban J connectivity index is 1.71. The summed E-state index contributed by atoms with van der Waals surface area (Å²) < 4.78 is 0. The van der Waals surface area contributed by atoms with E-state index in [-0.39, 0.29) is 0 Å². The van der Waals surface area contributed by atoms with Crippen LogP contribution in [0.4, 0.5) is 0 Å². The van der Waals surface area contributed by atoms with Gasteiger partial charge in [0, 0.05) is 11.1 Å². The number of rotatable bonds is 4. The summed E-state index contributed by atoms with van der Waals surface area (Å²) in [6.07, 6.45) is 3.76. The topological polar surface area (TPSA) is 0 Å². The van der Waals surface area contributed by atoms with Crippen LogP contribution in [0, 0.1) is 5.92 Å². The molecule has 1 aliphatic rings. The van der Waals surface area contributed by atoms with Crippen LogP contribution in [0.15, 0.2) is 30.3 Å². The van der Waals surface area contributed by atoms with Gasteiger partial charge in [-0.05, 0) is 36.5 Å². The maximum Gasteiger partial charge on any atom is 0.0462 e. The highest BCUT2D eigenvalue weighted by molar-refractivity contribution is 7.99. The number of thioether (sulfide) groups is 1. The third-order valence-corrected chi connectivity index (χ3v) is 4.96. The van der Waals surface area contributed by atoms with E-state index in [2.05, 4.69) is 30.3 Å². The zero-order chi connectivity index (χ0) is 10.5. The quantitative estimate of drug-likeness (QED) is 0.718. The molecule has 1 saturated heterocycles. The molecule has 82 valence electrons. The highest BCUT2D eigenvalue weighted by Gasteiger charge is 2.24. The molecule has 1 aromatic rings. The maximum absolute atomic E-state index is 6.24. The molecule has 0 bridgehead atoms.